The lowest BCUT2D eigenvalue weighted by atomic mass is 10.2. The topological polar surface area (TPSA) is 54.9 Å². The van der Waals surface area contributed by atoms with Crippen molar-refractivity contribution in [2.24, 2.45) is 5.10 Å². The Morgan fingerprint density at radius 3 is 2.67 bits per heavy atom. The zero-order valence-corrected chi connectivity index (χ0v) is 14.6. The largest absolute Gasteiger partial charge is 0.493 e. The minimum absolute atomic E-state index is 0.466. The zero-order valence-electron chi connectivity index (χ0n) is 13.8. The van der Waals surface area contributed by atoms with Gasteiger partial charge in [0.05, 0.1) is 19.9 Å². The van der Waals surface area contributed by atoms with E-state index in [-0.39, 0.29) is 0 Å². The van der Waals surface area contributed by atoms with Crippen molar-refractivity contribution in [1.82, 2.24) is 10.7 Å². The van der Waals surface area contributed by atoms with Crippen molar-refractivity contribution in [3.05, 3.63) is 59.7 Å². The van der Waals surface area contributed by atoms with Crippen LogP contribution in [-0.4, -0.2) is 25.0 Å². The average molecular weight is 343 g/mol. The number of hydrogen-bond acceptors (Lipinski definition) is 4. The molecule has 24 heavy (non-hydrogen) atoms. The van der Waals surface area contributed by atoms with Crippen LogP contribution in [0.3, 0.4) is 0 Å². The second-order valence-electron chi connectivity index (χ2n) is 4.88. The molecule has 0 aliphatic heterocycles. The second-order valence-corrected chi connectivity index (χ2v) is 5.29. The fraction of sp³-hybridized carbons (Fsp3) is 0.222. The zero-order chi connectivity index (χ0) is 17.2. The molecule has 0 heterocycles. The van der Waals surface area contributed by atoms with Crippen molar-refractivity contribution in [2.75, 3.05) is 13.7 Å². The minimum atomic E-state index is 0.466. The van der Waals surface area contributed by atoms with Gasteiger partial charge in [-0.3, -0.25) is 5.43 Å². The Kier molecular flexibility index (Phi) is 7.04. The highest BCUT2D eigenvalue weighted by Crippen LogP contribution is 2.27. The first-order valence-corrected chi connectivity index (χ1v) is 8.05. The summed E-state index contributed by atoms with van der Waals surface area (Å²) < 4.78 is 10.8. The molecule has 0 saturated carbocycles. The molecule has 0 bridgehead atoms. The number of benzene rings is 2. The van der Waals surface area contributed by atoms with Crippen LogP contribution in [0.15, 0.2) is 53.6 Å². The second kappa shape index (κ2) is 9.52. The van der Waals surface area contributed by atoms with Gasteiger partial charge in [0, 0.05) is 6.54 Å². The maximum atomic E-state index is 5.48. The van der Waals surface area contributed by atoms with Crippen LogP contribution < -0.4 is 20.2 Å². The van der Waals surface area contributed by atoms with Gasteiger partial charge in [0.1, 0.15) is 0 Å². The lowest BCUT2D eigenvalue weighted by Gasteiger charge is -2.09. The van der Waals surface area contributed by atoms with Crippen molar-refractivity contribution in [2.45, 2.75) is 13.5 Å². The highest BCUT2D eigenvalue weighted by atomic mass is 32.1. The molecule has 5 nitrogen and oxygen atoms in total. The Bertz CT molecular complexity index is 690. The number of hydrogen-bond donors (Lipinski definition) is 2. The van der Waals surface area contributed by atoms with E-state index in [0.29, 0.717) is 29.8 Å². The van der Waals surface area contributed by atoms with Gasteiger partial charge in [0.25, 0.3) is 0 Å². The van der Waals surface area contributed by atoms with Gasteiger partial charge in [0.15, 0.2) is 16.6 Å². The van der Waals surface area contributed by atoms with Gasteiger partial charge < -0.3 is 14.8 Å². The van der Waals surface area contributed by atoms with Crippen molar-refractivity contribution in [3.63, 3.8) is 0 Å². The first-order valence-electron chi connectivity index (χ1n) is 7.64. The van der Waals surface area contributed by atoms with Crippen LogP contribution >= 0.6 is 12.2 Å². The monoisotopic (exact) mass is 343 g/mol. The van der Waals surface area contributed by atoms with Gasteiger partial charge in [-0.2, -0.15) is 5.10 Å². The Morgan fingerprint density at radius 2 is 1.96 bits per heavy atom. The molecule has 0 saturated heterocycles. The molecule has 2 aromatic carbocycles. The number of nitrogens with zero attached hydrogens (tertiary/aromatic N) is 1. The van der Waals surface area contributed by atoms with Crippen molar-refractivity contribution >= 4 is 23.5 Å². The molecular weight excluding hydrogens is 322 g/mol. The lowest BCUT2D eigenvalue weighted by molar-refractivity contribution is 0.311. The Morgan fingerprint density at radius 1 is 1.17 bits per heavy atom. The van der Waals surface area contributed by atoms with E-state index in [0.717, 1.165) is 11.1 Å². The summed E-state index contributed by atoms with van der Waals surface area (Å²) in [4.78, 5) is 0. The van der Waals surface area contributed by atoms with E-state index in [9.17, 15) is 0 Å². The molecular formula is C18H21N3O2S. The molecule has 2 rings (SSSR count). The molecule has 0 aromatic heterocycles. The number of thiocarbonyl (C=S) groups is 1. The number of nitrogens with one attached hydrogen (secondary N) is 2. The van der Waals surface area contributed by atoms with Crippen molar-refractivity contribution < 1.29 is 9.47 Å². The summed E-state index contributed by atoms with van der Waals surface area (Å²) in [5, 5.41) is 7.69. The summed E-state index contributed by atoms with van der Waals surface area (Å²) in [6, 6.07) is 15.6. The maximum Gasteiger partial charge on any atom is 0.187 e. The van der Waals surface area contributed by atoms with Crippen LogP contribution in [0.4, 0.5) is 0 Å². The molecule has 126 valence electrons. The predicted molar refractivity (Wildman–Crippen MR) is 101 cm³/mol. The molecule has 0 spiro atoms. The Labute approximate surface area is 147 Å². The molecule has 2 aromatic rings. The summed E-state index contributed by atoms with van der Waals surface area (Å²) in [7, 11) is 1.61. The molecule has 0 aliphatic carbocycles. The molecule has 0 amide bonds. The van der Waals surface area contributed by atoms with Crippen LogP contribution in [0.5, 0.6) is 11.5 Å². The van der Waals surface area contributed by atoms with E-state index in [1.54, 1.807) is 13.3 Å². The third-order valence-electron chi connectivity index (χ3n) is 3.16. The standard InChI is InChI=1S/C18H21N3O2S/c1-3-23-16-10-9-15(11-17(16)22-2)13-20-21-18(24)19-12-14-7-5-4-6-8-14/h4-11,13H,3,12H2,1-2H3,(H2,19,21,24)/b20-13-. The van der Waals surface area contributed by atoms with Crippen LogP contribution in [0.1, 0.15) is 18.1 Å². The van der Waals surface area contributed by atoms with Gasteiger partial charge >= 0.3 is 0 Å². The summed E-state index contributed by atoms with van der Waals surface area (Å²) in [5.74, 6) is 1.38. The van der Waals surface area contributed by atoms with Crippen molar-refractivity contribution in [1.29, 1.82) is 0 Å². The normalized spacial score (nSPS) is 10.4. The van der Waals surface area contributed by atoms with Gasteiger partial charge in [-0.1, -0.05) is 30.3 Å². The summed E-state index contributed by atoms with van der Waals surface area (Å²) in [6.07, 6.45) is 1.68. The van der Waals surface area contributed by atoms with Gasteiger partial charge in [0.2, 0.25) is 0 Å². The number of hydrazone groups is 1. The van der Waals surface area contributed by atoms with Crippen LogP contribution in [-0.2, 0) is 6.54 Å². The molecule has 2 N–H and O–H groups in total. The third-order valence-corrected chi connectivity index (χ3v) is 3.40. The third kappa shape index (κ3) is 5.55. The molecule has 0 fully saturated rings. The quantitative estimate of drug-likeness (QED) is 0.460. The van der Waals surface area contributed by atoms with E-state index in [4.69, 9.17) is 21.7 Å². The fourth-order valence-electron chi connectivity index (χ4n) is 2.02. The molecule has 0 radical (unpaired) electrons. The van der Waals surface area contributed by atoms with E-state index in [1.165, 1.54) is 0 Å². The fourth-order valence-corrected chi connectivity index (χ4v) is 2.15. The molecule has 0 aliphatic rings. The van der Waals surface area contributed by atoms with Crippen LogP contribution in [0.25, 0.3) is 0 Å². The number of rotatable bonds is 7. The summed E-state index contributed by atoms with van der Waals surface area (Å²) in [6.45, 7) is 3.17. The molecule has 6 heteroatoms. The van der Waals surface area contributed by atoms with Gasteiger partial charge in [-0.25, -0.2) is 0 Å². The maximum absolute atomic E-state index is 5.48. The number of methoxy groups -OCH3 is 1. The Hall–Kier alpha value is -2.60. The van der Waals surface area contributed by atoms with E-state index in [2.05, 4.69) is 15.8 Å². The summed E-state index contributed by atoms with van der Waals surface area (Å²) >= 11 is 5.19. The number of ether oxygens (including phenoxy) is 2. The lowest BCUT2D eigenvalue weighted by Crippen LogP contribution is -2.31. The molecule has 0 unspecified atom stereocenters. The Balaban J connectivity index is 1.85. The predicted octanol–water partition coefficient (Wildman–Crippen LogP) is 3.09. The van der Waals surface area contributed by atoms with Gasteiger partial charge in [-0.05, 0) is 48.5 Å². The first kappa shape index (κ1) is 17.7. The summed E-state index contributed by atoms with van der Waals surface area (Å²) in [5.41, 5.74) is 4.83. The van der Waals surface area contributed by atoms with E-state index >= 15 is 0 Å². The highest BCUT2D eigenvalue weighted by molar-refractivity contribution is 7.80. The van der Waals surface area contributed by atoms with Crippen LogP contribution in [0, 0.1) is 0 Å². The minimum Gasteiger partial charge on any atom is -0.493 e. The highest BCUT2D eigenvalue weighted by Gasteiger charge is 2.04. The van der Waals surface area contributed by atoms with Crippen molar-refractivity contribution in [3.8, 4) is 11.5 Å². The first-order chi connectivity index (χ1) is 11.7. The molecule has 0 atom stereocenters. The van der Waals surface area contributed by atoms with Crippen LogP contribution in [0.2, 0.25) is 0 Å². The smallest absolute Gasteiger partial charge is 0.187 e. The van der Waals surface area contributed by atoms with E-state index in [1.807, 2.05) is 55.5 Å². The SMILES string of the molecule is CCOc1ccc(/C=N\NC(=S)NCc2ccccc2)cc1OC. The average Bonchev–Trinajstić information content (AvgIpc) is 2.62. The van der Waals surface area contributed by atoms with Gasteiger partial charge in [-0.15, -0.1) is 0 Å². The van der Waals surface area contributed by atoms with E-state index < -0.39 is 0 Å².